The number of hydrogen-bond acceptors (Lipinski definition) is 1. The Balaban J connectivity index is 2.60. The molecule has 1 aromatic heterocycles. The minimum atomic E-state index is 0.740. The van der Waals surface area contributed by atoms with E-state index in [1.165, 1.54) is 0 Å². The van der Waals surface area contributed by atoms with Gasteiger partial charge in [0.2, 0.25) is 0 Å². The van der Waals surface area contributed by atoms with Crippen molar-refractivity contribution in [1.29, 1.82) is 0 Å². The Kier molecular flexibility index (Phi) is 2.67. The lowest BCUT2D eigenvalue weighted by Gasteiger charge is -2.03. The highest BCUT2D eigenvalue weighted by atomic mass is 127. The van der Waals surface area contributed by atoms with E-state index in [9.17, 15) is 4.79 Å². The lowest BCUT2D eigenvalue weighted by molar-refractivity contribution is 0.112. The minimum Gasteiger partial charge on any atom is -0.367 e. The molecule has 0 spiro atoms. The Hall–Kier alpha value is -1.10. The molecule has 3 heteroatoms. The predicted octanol–water partition coefficient (Wildman–Crippen LogP) is 3.10. The molecule has 0 fully saturated rings. The quantitative estimate of drug-likeness (QED) is 0.670. The first-order chi connectivity index (χ1) is 6.83. The van der Waals surface area contributed by atoms with Crippen LogP contribution < -0.4 is 0 Å². The Morgan fingerprint density at radius 3 is 2.79 bits per heavy atom. The Labute approximate surface area is 95.5 Å². The molecule has 0 saturated heterocycles. The monoisotopic (exact) mass is 297 g/mol. The number of halogens is 1. The van der Waals surface area contributed by atoms with Crippen molar-refractivity contribution in [3.8, 4) is 11.1 Å². The van der Waals surface area contributed by atoms with Gasteiger partial charge >= 0.3 is 0 Å². The molecule has 2 nitrogen and oxygen atoms in total. The van der Waals surface area contributed by atoms with Crippen LogP contribution in [0.25, 0.3) is 11.1 Å². The van der Waals surface area contributed by atoms with Gasteiger partial charge in [-0.3, -0.25) is 4.79 Å². The van der Waals surface area contributed by atoms with E-state index in [1.54, 1.807) is 0 Å². The first-order valence-corrected chi connectivity index (χ1v) is 5.27. The van der Waals surface area contributed by atoms with E-state index >= 15 is 0 Å². The third kappa shape index (κ3) is 1.59. The van der Waals surface area contributed by atoms with Crippen molar-refractivity contribution >= 4 is 28.9 Å². The van der Waals surface area contributed by atoms with Crippen LogP contribution in [0.5, 0.6) is 0 Å². The number of H-pyrrole nitrogens is 1. The lowest BCUT2D eigenvalue weighted by atomic mass is 10.1. The Morgan fingerprint density at radius 1 is 1.29 bits per heavy atom. The maximum Gasteiger partial charge on any atom is 0.151 e. The van der Waals surface area contributed by atoms with Gasteiger partial charge in [0.15, 0.2) is 6.29 Å². The standard InChI is InChI=1S/C11H8INO/c12-11-9(7-14)2-1-3-10(11)8-4-5-13-6-8/h1-7,13H. The van der Waals surface area contributed by atoms with Crippen molar-refractivity contribution in [3.05, 3.63) is 45.8 Å². The summed E-state index contributed by atoms with van der Waals surface area (Å²) in [7, 11) is 0. The highest BCUT2D eigenvalue weighted by Crippen LogP contribution is 2.26. The molecule has 14 heavy (non-hydrogen) atoms. The highest BCUT2D eigenvalue weighted by Gasteiger charge is 2.06. The number of rotatable bonds is 2. The molecule has 0 aliphatic rings. The zero-order valence-corrected chi connectivity index (χ0v) is 9.49. The lowest BCUT2D eigenvalue weighted by Crippen LogP contribution is -1.88. The molecule has 70 valence electrons. The Morgan fingerprint density at radius 2 is 2.14 bits per heavy atom. The summed E-state index contributed by atoms with van der Waals surface area (Å²) in [5.74, 6) is 0. The second-order valence-corrected chi connectivity index (χ2v) is 4.01. The second-order valence-electron chi connectivity index (χ2n) is 2.93. The van der Waals surface area contributed by atoms with Crippen molar-refractivity contribution in [2.24, 2.45) is 0 Å². The zero-order chi connectivity index (χ0) is 9.97. The fraction of sp³-hybridized carbons (Fsp3) is 0. The van der Waals surface area contributed by atoms with Gasteiger partial charge in [0.25, 0.3) is 0 Å². The number of aromatic nitrogens is 1. The minimum absolute atomic E-state index is 0.740. The van der Waals surface area contributed by atoms with Crippen LogP contribution in [0, 0.1) is 3.57 Å². The summed E-state index contributed by atoms with van der Waals surface area (Å²) in [6, 6.07) is 7.73. The third-order valence-electron chi connectivity index (χ3n) is 2.06. The van der Waals surface area contributed by atoms with Gasteiger partial charge in [-0.25, -0.2) is 0 Å². The van der Waals surface area contributed by atoms with Crippen LogP contribution in [-0.2, 0) is 0 Å². The van der Waals surface area contributed by atoms with Crippen LogP contribution in [-0.4, -0.2) is 11.3 Å². The van der Waals surface area contributed by atoms with Crippen molar-refractivity contribution in [1.82, 2.24) is 4.98 Å². The first-order valence-electron chi connectivity index (χ1n) is 4.20. The van der Waals surface area contributed by atoms with Crippen LogP contribution >= 0.6 is 22.6 Å². The average Bonchev–Trinajstić information content (AvgIpc) is 2.71. The van der Waals surface area contributed by atoms with Crippen molar-refractivity contribution in [2.45, 2.75) is 0 Å². The summed E-state index contributed by atoms with van der Waals surface area (Å²) >= 11 is 2.20. The maximum atomic E-state index is 10.7. The number of carbonyl (C=O) groups excluding carboxylic acids is 1. The summed E-state index contributed by atoms with van der Waals surface area (Å²) in [6.07, 6.45) is 4.68. The van der Waals surface area contributed by atoms with Crippen molar-refractivity contribution in [2.75, 3.05) is 0 Å². The molecule has 0 aliphatic carbocycles. The number of benzene rings is 1. The molecule has 0 amide bonds. The van der Waals surface area contributed by atoms with Gasteiger partial charge in [-0.15, -0.1) is 0 Å². The van der Waals surface area contributed by atoms with Crippen molar-refractivity contribution < 1.29 is 4.79 Å². The molecule has 1 aromatic carbocycles. The molecular formula is C11H8INO. The van der Waals surface area contributed by atoms with E-state index < -0.39 is 0 Å². The molecule has 1 N–H and O–H groups in total. The summed E-state index contributed by atoms with van der Waals surface area (Å²) in [4.78, 5) is 13.7. The van der Waals surface area contributed by atoms with Crippen LogP contribution in [0.1, 0.15) is 10.4 Å². The topological polar surface area (TPSA) is 32.9 Å². The second kappa shape index (κ2) is 3.96. The van der Waals surface area contributed by atoms with E-state index in [-0.39, 0.29) is 0 Å². The number of hydrogen-bond donors (Lipinski definition) is 1. The molecule has 0 atom stereocenters. The molecule has 1 heterocycles. The van der Waals surface area contributed by atoms with Gasteiger partial charge in [0, 0.05) is 27.1 Å². The van der Waals surface area contributed by atoms with Gasteiger partial charge in [-0.2, -0.15) is 0 Å². The number of nitrogens with one attached hydrogen (secondary N) is 1. The normalized spacial score (nSPS) is 10.1. The molecule has 0 bridgehead atoms. The van der Waals surface area contributed by atoms with Crippen LogP contribution in [0.15, 0.2) is 36.7 Å². The molecule has 0 saturated carbocycles. The van der Waals surface area contributed by atoms with Crippen LogP contribution in [0.4, 0.5) is 0 Å². The Bertz CT molecular complexity index is 448. The van der Waals surface area contributed by atoms with Gasteiger partial charge in [-0.05, 0) is 34.2 Å². The SMILES string of the molecule is O=Cc1cccc(-c2cc[nH]c2)c1I. The summed E-state index contributed by atoms with van der Waals surface area (Å²) < 4.78 is 1.000. The van der Waals surface area contributed by atoms with Gasteiger partial charge in [-0.1, -0.05) is 18.2 Å². The highest BCUT2D eigenvalue weighted by molar-refractivity contribution is 14.1. The van der Waals surface area contributed by atoms with Crippen LogP contribution in [0.2, 0.25) is 0 Å². The molecule has 0 unspecified atom stereocenters. The van der Waals surface area contributed by atoms with E-state index in [0.29, 0.717) is 0 Å². The zero-order valence-electron chi connectivity index (χ0n) is 7.33. The van der Waals surface area contributed by atoms with E-state index in [0.717, 1.165) is 26.5 Å². The number of carbonyl (C=O) groups is 1. The average molecular weight is 297 g/mol. The van der Waals surface area contributed by atoms with Gasteiger partial charge in [0.05, 0.1) is 0 Å². The number of aldehydes is 1. The smallest absolute Gasteiger partial charge is 0.151 e. The fourth-order valence-corrected chi connectivity index (χ4v) is 2.15. The number of aromatic amines is 1. The predicted molar refractivity (Wildman–Crippen MR) is 64.3 cm³/mol. The maximum absolute atomic E-state index is 10.7. The van der Waals surface area contributed by atoms with E-state index in [1.807, 2.05) is 36.7 Å². The van der Waals surface area contributed by atoms with E-state index in [2.05, 4.69) is 27.6 Å². The molecular weight excluding hydrogens is 289 g/mol. The van der Waals surface area contributed by atoms with Crippen LogP contribution in [0.3, 0.4) is 0 Å². The summed E-state index contributed by atoms with van der Waals surface area (Å²) in [5.41, 5.74) is 2.94. The first kappa shape index (κ1) is 9.45. The summed E-state index contributed by atoms with van der Waals surface area (Å²) in [5, 5.41) is 0. The molecule has 2 aromatic rings. The molecule has 0 aliphatic heterocycles. The third-order valence-corrected chi connectivity index (χ3v) is 3.27. The molecule has 0 radical (unpaired) electrons. The molecule has 2 rings (SSSR count). The summed E-state index contributed by atoms with van der Waals surface area (Å²) in [6.45, 7) is 0. The van der Waals surface area contributed by atoms with Crippen molar-refractivity contribution in [3.63, 3.8) is 0 Å². The van der Waals surface area contributed by atoms with E-state index in [4.69, 9.17) is 0 Å². The fourth-order valence-electron chi connectivity index (χ4n) is 1.36. The largest absolute Gasteiger partial charge is 0.367 e. The van der Waals surface area contributed by atoms with Gasteiger partial charge < -0.3 is 4.98 Å². The van der Waals surface area contributed by atoms with Gasteiger partial charge in [0.1, 0.15) is 0 Å².